The van der Waals surface area contributed by atoms with Crippen LogP contribution in [0.4, 0.5) is 5.69 Å². The Balaban J connectivity index is 2.20. The van der Waals surface area contributed by atoms with E-state index in [0.29, 0.717) is 17.7 Å². The van der Waals surface area contributed by atoms with Gasteiger partial charge in [-0.3, -0.25) is 4.79 Å². The molecule has 2 aromatic rings. The van der Waals surface area contributed by atoms with Crippen molar-refractivity contribution in [1.29, 1.82) is 0 Å². The number of amides is 1. The Kier molecular flexibility index (Phi) is 4.61. The first-order valence-corrected chi connectivity index (χ1v) is 6.61. The summed E-state index contributed by atoms with van der Waals surface area (Å²) >= 11 is 0. The number of allylic oxidation sites excluding steroid dienone is 1. The lowest BCUT2D eigenvalue weighted by Gasteiger charge is -2.13. The molecule has 0 unspecified atom stereocenters. The quantitative estimate of drug-likeness (QED) is 0.631. The van der Waals surface area contributed by atoms with Gasteiger partial charge in [-0.25, -0.2) is 0 Å². The third kappa shape index (κ3) is 3.63. The molecule has 21 heavy (non-hydrogen) atoms. The minimum Gasteiger partial charge on any atom is -0.489 e. The zero-order valence-electron chi connectivity index (χ0n) is 11.7. The fraction of sp³-hybridized carbons (Fsp3) is 0.118. The zero-order valence-corrected chi connectivity index (χ0v) is 11.7. The van der Waals surface area contributed by atoms with Crippen LogP contribution in [0.1, 0.15) is 21.5 Å². The molecule has 0 aromatic heterocycles. The molecule has 0 radical (unpaired) electrons. The van der Waals surface area contributed by atoms with Crippen molar-refractivity contribution in [2.45, 2.75) is 13.0 Å². The van der Waals surface area contributed by atoms with Crippen molar-refractivity contribution in [3.05, 3.63) is 71.8 Å². The summed E-state index contributed by atoms with van der Waals surface area (Å²) in [6, 6.07) is 12.6. The molecule has 0 bridgehead atoms. The topological polar surface area (TPSA) is 78.3 Å². The summed E-state index contributed by atoms with van der Waals surface area (Å²) in [5.74, 6) is 0.265. The largest absolute Gasteiger partial charge is 0.489 e. The number of hydrogen-bond acceptors (Lipinski definition) is 3. The van der Waals surface area contributed by atoms with Gasteiger partial charge in [-0.15, -0.1) is 6.58 Å². The number of primary amides is 1. The molecule has 0 aliphatic heterocycles. The lowest BCUT2D eigenvalue weighted by atomic mass is 10.1. The smallest absolute Gasteiger partial charge is 0.249 e. The number of hydrogen-bond donors (Lipinski definition) is 2. The summed E-state index contributed by atoms with van der Waals surface area (Å²) in [5.41, 5.74) is 14.0. The van der Waals surface area contributed by atoms with Crippen LogP contribution < -0.4 is 16.2 Å². The number of benzene rings is 2. The predicted molar refractivity (Wildman–Crippen MR) is 84.0 cm³/mol. The molecule has 2 rings (SSSR count). The van der Waals surface area contributed by atoms with Crippen LogP contribution in [0.25, 0.3) is 0 Å². The molecule has 0 aliphatic carbocycles. The molecule has 108 valence electrons. The molecule has 0 fully saturated rings. The number of carbonyl (C=O) groups excluding carboxylic acids is 1. The first kappa shape index (κ1) is 14.7. The van der Waals surface area contributed by atoms with Gasteiger partial charge in [-0.05, 0) is 36.2 Å². The highest BCUT2D eigenvalue weighted by atomic mass is 16.5. The molecule has 0 atom stereocenters. The van der Waals surface area contributed by atoms with Crippen LogP contribution in [0, 0.1) is 0 Å². The number of anilines is 1. The van der Waals surface area contributed by atoms with Crippen molar-refractivity contribution < 1.29 is 9.53 Å². The van der Waals surface area contributed by atoms with Crippen molar-refractivity contribution in [3.63, 3.8) is 0 Å². The van der Waals surface area contributed by atoms with Crippen molar-refractivity contribution in [1.82, 2.24) is 0 Å². The molecule has 4 N–H and O–H groups in total. The van der Waals surface area contributed by atoms with Crippen LogP contribution in [0.3, 0.4) is 0 Å². The van der Waals surface area contributed by atoms with Crippen LogP contribution in [-0.2, 0) is 13.0 Å². The second-order valence-electron chi connectivity index (χ2n) is 4.67. The Bertz CT molecular complexity index is 666. The minimum absolute atomic E-state index is 0.271. The fourth-order valence-corrected chi connectivity index (χ4v) is 2.10. The van der Waals surface area contributed by atoms with E-state index in [-0.39, 0.29) is 6.61 Å². The summed E-state index contributed by atoms with van der Waals surface area (Å²) in [7, 11) is 0. The first-order chi connectivity index (χ1) is 10.1. The van der Waals surface area contributed by atoms with Crippen LogP contribution in [-0.4, -0.2) is 5.91 Å². The van der Waals surface area contributed by atoms with Gasteiger partial charge in [-0.2, -0.15) is 0 Å². The number of rotatable bonds is 6. The maximum atomic E-state index is 11.4. The standard InChI is InChI=1S/C17H18N2O2/c1-2-5-12-10-14(18)8-9-16(12)21-11-13-6-3-4-7-15(13)17(19)20/h2-4,6-10H,1,5,11,18H2,(H2,19,20). The summed E-state index contributed by atoms with van der Waals surface area (Å²) < 4.78 is 5.81. The molecule has 1 amide bonds. The zero-order chi connectivity index (χ0) is 15.2. The summed E-state index contributed by atoms with van der Waals surface area (Å²) in [5, 5.41) is 0. The Morgan fingerprint density at radius 3 is 2.67 bits per heavy atom. The van der Waals surface area contributed by atoms with Crippen LogP contribution in [0.2, 0.25) is 0 Å². The molecule has 0 aliphatic rings. The highest BCUT2D eigenvalue weighted by Crippen LogP contribution is 2.23. The first-order valence-electron chi connectivity index (χ1n) is 6.61. The third-order valence-electron chi connectivity index (χ3n) is 3.11. The Morgan fingerprint density at radius 1 is 1.19 bits per heavy atom. The van der Waals surface area contributed by atoms with Gasteiger partial charge in [0.1, 0.15) is 12.4 Å². The van der Waals surface area contributed by atoms with Gasteiger partial charge in [0.2, 0.25) is 5.91 Å². The summed E-state index contributed by atoms with van der Waals surface area (Å²) in [4.78, 5) is 11.4. The molecule has 4 heteroatoms. The van der Waals surface area contributed by atoms with Gasteiger partial charge in [0.05, 0.1) is 0 Å². The summed E-state index contributed by atoms with van der Waals surface area (Å²) in [6.07, 6.45) is 2.46. The van der Waals surface area contributed by atoms with Crippen molar-refractivity contribution in [2.75, 3.05) is 5.73 Å². The van der Waals surface area contributed by atoms with E-state index in [4.69, 9.17) is 16.2 Å². The van der Waals surface area contributed by atoms with E-state index in [0.717, 1.165) is 16.9 Å². The van der Waals surface area contributed by atoms with Gasteiger partial charge in [0.25, 0.3) is 0 Å². The van der Waals surface area contributed by atoms with E-state index < -0.39 is 5.91 Å². The van der Waals surface area contributed by atoms with E-state index in [1.54, 1.807) is 24.3 Å². The fourth-order valence-electron chi connectivity index (χ4n) is 2.10. The van der Waals surface area contributed by atoms with Crippen LogP contribution >= 0.6 is 0 Å². The van der Waals surface area contributed by atoms with Gasteiger partial charge in [0.15, 0.2) is 0 Å². The van der Waals surface area contributed by atoms with E-state index in [2.05, 4.69) is 6.58 Å². The number of carbonyl (C=O) groups is 1. The van der Waals surface area contributed by atoms with Gasteiger partial charge in [0, 0.05) is 16.8 Å². The predicted octanol–water partition coefficient (Wildman–Crippen LogP) is 2.68. The van der Waals surface area contributed by atoms with Crippen LogP contribution in [0.15, 0.2) is 55.1 Å². The van der Waals surface area contributed by atoms with E-state index in [1.165, 1.54) is 0 Å². The van der Waals surface area contributed by atoms with Crippen molar-refractivity contribution in [2.24, 2.45) is 5.73 Å². The average molecular weight is 282 g/mol. The number of ether oxygens (including phenoxy) is 1. The molecule has 0 spiro atoms. The molecule has 0 saturated carbocycles. The van der Waals surface area contributed by atoms with E-state index in [9.17, 15) is 4.79 Å². The molecular formula is C17H18N2O2. The lowest BCUT2D eigenvalue weighted by Crippen LogP contribution is -2.14. The lowest BCUT2D eigenvalue weighted by molar-refractivity contribution is 0.0998. The Morgan fingerprint density at radius 2 is 1.95 bits per heavy atom. The number of nitrogen functional groups attached to an aromatic ring is 1. The molecule has 0 heterocycles. The SMILES string of the molecule is C=CCc1cc(N)ccc1OCc1ccccc1C(N)=O. The Hall–Kier alpha value is -2.75. The number of nitrogens with two attached hydrogens (primary N) is 2. The minimum atomic E-state index is -0.460. The van der Waals surface area contributed by atoms with Crippen molar-refractivity contribution >= 4 is 11.6 Å². The molecular weight excluding hydrogens is 264 g/mol. The highest BCUT2D eigenvalue weighted by molar-refractivity contribution is 5.94. The second-order valence-corrected chi connectivity index (χ2v) is 4.67. The third-order valence-corrected chi connectivity index (χ3v) is 3.11. The monoisotopic (exact) mass is 282 g/mol. The maximum absolute atomic E-state index is 11.4. The van der Waals surface area contributed by atoms with E-state index in [1.807, 2.05) is 24.3 Å². The van der Waals surface area contributed by atoms with Gasteiger partial charge in [-0.1, -0.05) is 24.3 Å². The maximum Gasteiger partial charge on any atom is 0.249 e. The molecule has 0 saturated heterocycles. The van der Waals surface area contributed by atoms with E-state index >= 15 is 0 Å². The molecule has 4 nitrogen and oxygen atoms in total. The normalized spacial score (nSPS) is 10.1. The van der Waals surface area contributed by atoms with Crippen molar-refractivity contribution in [3.8, 4) is 5.75 Å². The van der Waals surface area contributed by atoms with Crippen LogP contribution in [0.5, 0.6) is 5.75 Å². The highest BCUT2D eigenvalue weighted by Gasteiger charge is 2.09. The summed E-state index contributed by atoms with van der Waals surface area (Å²) in [6.45, 7) is 4.00. The second kappa shape index (κ2) is 6.61. The average Bonchev–Trinajstić information content (AvgIpc) is 2.47. The van der Waals surface area contributed by atoms with Gasteiger partial charge < -0.3 is 16.2 Å². The van der Waals surface area contributed by atoms with Gasteiger partial charge >= 0.3 is 0 Å². The Labute approximate surface area is 124 Å². The molecule has 2 aromatic carbocycles.